The van der Waals surface area contributed by atoms with Gasteiger partial charge in [-0.1, -0.05) is 0 Å². The standard InChI is InChI=1S/C6H11BO3/c7-4-1-3(2-8)5(9)6(4)10/h3-6,8-10H,1-2H2/t3-,4-,5+,6?/m1/s1. The van der Waals surface area contributed by atoms with Crippen LogP contribution in [0.5, 0.6) is 0 Å². The summed E-state index contributed by atoms with van der Waals surface area (Å²) in [4.78, 5) is 0. The molecule has 1 aliphatic rings. The molecule has 1 unspecified atom stereocenters. The second-order valence-corrected chi connectivity index (χ2v) is 2.82. The van der Waals surface area contributed by atoms with Gasteiger partial charge in [-0.15, -0.1) is 0 Å². The van der Waals surface area contributed by atoms with Gasteiger partial charge in [0.05, 0.1) is 20.1 Å². The molecule has 0 saturated heterocycles. The van der Waals surface area contributed by atoms with E-state index < -0.39 is 12.2 Å². The first-order valence-corrected chi connectivity index (χ1v) is 3.39. The van der Waals surface area contributed by atoms with Crippen LogP contribution < -0.4 is 0 Å². The van der Waals surface area contributed by atoms with E-state index in [2.05, 4.69) is 0 Å². The lowest BCUT2D eigenvalue weighted by Gasteiger charge is -2.13. The third-order valence-electron chi connectivity index (χ3n) is 2.08. The molecule has 1 saturated carbocycles. The molecule has 4 atom stereocenters. The molecule has 0 heterocycles. The fraction of sp³-hybridized carbons (Fsp3) is 1.00. The second kappa shape index (κ2) is 2.90. The van der Waals surface area contributed by atoms with E-state index in [1.165, 1.54) is 0 Å². The maximum Gasteiger partial charge on any atom is 0.0844 e. The van der Waals surface area contributed by atoms with Crippen molar-refractivity contribution in [3.05, 3.63) is 0 Å². The van der Waals surface area contributed by atoms with E-state index >= 15 is 0 Å². The Morgan fingerprint density at radius 3 is 2.10 bits per heavy atom. The molecule has 1 aliphatic carbocycles. The molecule has 0 aromatic rings. The van der Waals surface area contributed by atoms with Crippen molar-refractivity contribution in [2.75, 3.05) is 6.61 Å². The zero-order chi connectivity index (χ0) is 7.72. The monoisotopic (exact) mass is 142 g/mol. The summed E-state index contributed by atoms with van der Waals surface area (Å²) in [7, 11) is 5.41. The number of aliphatic hydroxyl groups excluding tert-OH is 3. The predicted octanol–water partition coefficient (Wildman–Crippen LogP) is -1.32. The Hall–Kier alpha value is -0.0551. The first-order valence-electron chi connectivity index (χ1n) is 3.39. The van der Waals surface area contributed by atoms with Crippen LogP contribution in [0.4, 0.5) is 0 Å². The molecule has 0 aliphatic heterocycles. The summed E-state index contributed by atoms with van der Waals surface area (Å²) >= 11 is 0. The van der Waals surface area contributed by atoms with Gasteiger partial charge in [-0.25, -0.2) is 0 Å². The van der Waals surface area contributed by atoms with Crippen molar-refractivity contribution in [2.24, 2.45) is 5.92 Å². The van der Waals surface area contributed by atoms with E-state index in [1.807, 2.05) is 0 Å². The molecule has 56 valence electrons. The highest BCUT2D eigenvalue weighted by atomic mass is 16.3. The highest BCUT2D eigenvalue weighted by molar-refractivity contribution is 6.12. The topological polar surface area (TPSA) is 60.7 Å². The van der Waals surface area contributed by atoms with Crippen molar-refractivity contribution in [3.8, 4) is 0 Å². The molecule has 1 fully saturated rings. The van der Waals surface area contributed by atoms with Gasteiger partial charge in [0.25, 0.3) is 0 Å². The van der Waals surface area contributed by atoms with Crippen molar-refractivity contribution < 1.29 is 15.3 Å². The van der Waals surface area contributed by atoms with Gasteiger partial charge in [0.2, 0.25) is 0 Å². The van der Waals surface area contributed by atoms with Crippen molar-refractivity contribution in [3.63, 3.8) is 0 Å². The smallest absolute Gasteiger partial charge is 0.0844 e. The predicted molar refractivity (Wildman–Crippen MR) is 36.7 cm³/mol. The Kier molecular flexibility index (Phi) is 2.34. The van der Waals surface area contributed by atoms with Crippen LogP contribution >= 0.6 is 0 Å². The third-order valence-corrected chi connectivity index (χ3v) is 2.08. The number of hydrogen-bond acceptors (Lipinski definition) is 3. The Morgan fingerprint density at radius 1 is 1.30 bits per heavy atom. The van der Waals surface area contributed by atoms with Gasteiger partial charge in [-0.05, 0) is 12.2 Å². The summed E-state index contributed by atoms with van der Waals surface area (Å²) < 4.78 is 0. The van der Waals surface area contributed by atoms with E-state index in [1.54, 1.807) is 0 Å². The zero-order valence-corrected chi connectivity index (χ0v) is 5.64. The van der Waals surface area contributed by atoms with Gasteiger partial charge >= 0.3 is 0 Å². The van der Waals surface area contributed by atoms with Gasteiger partial charge in [-0.2, -0.15) is 0 Å². The minimum atomic E-state index is -0.864. The number of aliphatic hydroxyl groups is 3. The lowest BCUT2D eigenvalue weighted by molar-refractivity contribution is 0.00707. The Morgan fingerprint density at radius 2 is 1.90 bits per heavy atom. The van der Waals surface area contributed by atoms with Crippen LogP contribution in [0, 0.1) is 5.92 Å². The van der Waals surface area contributed by atoms with E-state index in [4.69, 9.17) is 23.2 Å². The van der Waals surface area contributed by atoms with Gasteiger partial charge < -0.3 is 15.3 Å². The number of hydrogen-bond donors (Lipinski definition) is 3. The average Bonchev–Trinajstić information content (AvgIpc) is 2.17. The van der Waals surface area contributed by atoms with Crippen LogP contribution in [-0.2, 0) is 0 Å². The molecule has 3 N–H and O–H groups in total. The lowest BCUT2D eigenvalue weighted by atomic mass is 9.84. The molecule has 10 heavy (non-hydrogen) atoms. The minimum Gasteiger partial charge on any atom is -0.396 e. The first kappa shape index (κ1) is 8.05. The van der Waals surface area contributed by atoms with Crippen molar-refractivity contribution in [1.29, 1.82) is 0 Å². The largest absolute Gasteiger partial charge is 0.396 e. The molecule has 0 amide bonds. The summed E-state index contributed by atoms with van der Waals surface area (Å²) in [6.07, 6.45) is -1.21. The van der Waals surface area contributed by atoms with Crippen LogP contribution in [0.3, 0.4) is 0 Å². The average molecular weight is 142 g/mol. The minimum absolute atomic E-state index is 0.105. The molecule has 0 aromatic carbocycles. The summed E-state index contributed by atoms with van der Waals surface area (Å²) in [5.74, 6) is -0.628. The highest BCUT2D eigenvalue weighted by Crippen LogP contribution is 2.33. The fourth-order valence-corrected chi connectivity index (χ4v) is 1.34. The molecule has 0 spiro atoms. The van der Waals surface area contributed by atoms with Crippen LogP contribution in [0.1, 0.15) is 6.42 Å². The van der Waals surface area contributed by atoms with E-state index in [-0.39, 0.29) is 18.3 Å². The van der Waals surface area contributed by atoms with Gasteiger partial charge in [-0.3, -0.25) is 0 Å². The maximum absolute atomic E-state index is 9.14. The van der Waals surface area contributed by atoms with Gasteiger partial charge in [0.15, 0.2) is 0 Å². The van der Waals surface area contributed by atoms with Gasteiger partial charge in [0.1, 0.15) is 0 Å². The maximum atomic E-state index is 9.14. The summed E-state index contributed by atoms with van der Waals surface area (Å²) in [6.45, 7) is -0.105. The quantitative estimate of drug-likeness (QED) is 0.398. The Bertz CT molecular complexity index is 120. The van der Waals surface area contributed by atoms with Gasteiger partial charge in [0, 0.05) is 12.5 Å². The molecule has 1 rings (SSSR count). The molecule has 0 aromatic heterocycles. The molecule has 3 nitrogen and oxygen atoms in total. The van der Waals surface area contributed by atoms with E-state index in [9.17, 15) is 0 Å². The normalized spacial score (nSPS) is 47.9. The van der Waals surface area contributed by atoms with Crippen LogP contribution in [-0.4, -0.2) is 42.0 Å². The SMILES string of the molecule is [B][C@@H]1C[C@H](CO)[C@H](O)C1O. The van der Waals surface area contributed by atoms with E-state index in [0.29, 0.717) is 6.42 Å². The lowest BCUT2D eigenvalue weighted by Crippen LogP contribution is -2.28. The third kappa shape index (κ3) is 1.19. The van der Waals surface area contributed by atoms with Crippen LogP contribution in [0.25, 0.3) is 0 Å². The van der Waals surface area contributed by atoms with Crippen LogP contribution in [0.15, 0.2) is 0 Å². The summed E-state index contributed by atoms with van der Waals surface area (Å²) in [6, 6.07) is 0. The summed E-state index contributed by atoms with van der Waals surface area (Å²) in [5.41, 5.74) is 0. The molecular formula is C6H11BO3. The van der Waals surface area contributed by atoms with Crippen molar-refractivity contribution >= 4 is 7.85 Å². The first-order chi connectivity index (χ1) is 4.66. The molecule has 0 bridgehead atoms. The molecular weight excluding hydrogens is 131 g/mol. The van der Waals surface area contributed by atoms with Crippen molar-refractivity contribution in [2.45, 2.75) is 24.4 Å². The van der Waals surface area contributed by atoms with Crippen molar-refractivity contribution in [1.82, 2.24) is 0 Å². The molecule has 4 heteroatoms. The van der Waals surface area contributed by atoms with Crippen LogP contribution in [0.2, 0.25) is 5.82 Å². The number of rotatable bonds is 1. The highest BCUT2D eigenvalue weighted by Gasteiger charge is 2.37. The Labute approximate surface area is 61.1 Å². The Balaban J connectivity index is 2.53. The summed E-state index contributed by atoms with van der Waals surface area (Å²) in [5, 5.41) is 26.9. The fourth-order valence-electron chi connectivity index (χ4n) is 1.34. The molecule has 2 radical (unpaired) electrons. The zero-order valence-electron chi connectivity index (χ0n) is 5.64. The van der Waals surface area contributed by atoms with E-state index in [0.717, 1.165) is 0 Å². The second-order valence-electron chi connectivity index (χ2n) is 2.82.